The lowest BCUT2D eigenvalue weighted by Crippen LogP contribution is -2.58. The van der Waals surface area contributed by atoms with Crippen molar-refractivity contribution in [3.05, 3.63) is 47.5 Å². The molecule has 2 aliphatic rings. The fraction of sp³-hybridized carbons (Fsp3) is 0.571. The van der Waals surface area contributed by atoms with E-state index >= 15 is 0 Å². The first kappa shape index (κ1) is 30.2. The van der Waals surface area contributed by atoms with Crippen LogP contribution in [0.1, 0.15) is 63.2 Å². The maximum atomic E-state index is 14.0. The van der Waals surface area contributed by atoms with Crippen LogP contribution in [0.15, 0.2) is 30.4 Å². The second-order valence-corrected chi connectivity index (χ2v) is 11.4. The van der Waals surface area contributed by atoms with Crippen molar-refractivity contribution in [2.24, 2.45) is 17.3 Å². The minimum absolute atomic E-state index is 0.155. The number of hydrogen-bond acceptors (Lipinski definition) is 5. The molecule has 3 N–H and O–H groups in total. The van der Waals surface area contributed by atoms with Crippen LogP contribution < -0.4 is 10.6 Å². The van der Waals surface area contributed by atoms with Gasteiger partial charge in [0.05, 0.1) is 18.0 Å². The van der Waals surface area contributed by atoms with Crippen molar-refractivity contribution in [1.82, 2.24) is 20.6 Å². The number of halogens is 2. The topological polar surface area (TPSA) is 119 Å². The maximum absolute atomic E-state index is 14.0. The summed E-state index contributed by atoms with van der Waals surface area (Å²) in [7, 11) is 0. The van der Waals surface area contributed by atoms with Gasteiger partial charge in [-0.05, 0) is 55.6 Å². The Labute approximate surface area is 227 Å². The maximum Gasteiger partial charge on any atom is 0.254 e. The molecule has 1 aliphatic carbocycles. The smallest absolute Gasteiger partial charge is 0.254 e. The average Bonchev–Trinajstić information content (AvgIpc) is 3.39. The zero-order chi connectivity index (χ0) is 28.7. The van der Waals surface area contributed by atoms with Gasteiger partial charge in [0.15, 0.2) is 0 Å². The predicted molar refractivity (Wildman–Crippen MR) is 139 cm³/mol. The molecule has 1 fully saturated rings. The number of rotatable bonds is 10. The van der Waals surface area contributed by atoms with E-state index < -0.39 is 40.8 Å². The van der Waals surface area contributed by atoms with Crippen molar-refractivity contribution < 1.29 is 33.2 Å². The van der Waals surface area contributed by atoms with Crippen molar-refractivity contribution in [3.8, 4) is 0 Å². The van der Waals surface area contributed by atoms with Gasteiger partial charge in [-0.25, -0.2) is 13.8 Å². The van der Waals surface area contributed by atoms with Gasteiger partial charge < -0.3 is 15.5 Å². The van der Waals surface area contributed by atoms with Gasteiger partial charge in [0.2, 0.25) is 18.2 Å². The van der Waals surface area contributed by atoms with Crippen LogP contribution in [0.4, 0.5) is 8.78 Å². The Balaban J connectivity index is 1.62. The van der Waals surface area contributed by atoms with Gasteiger partial charge in [0.1, 0.15) is 17.7 Å². The molecular formula is C28H38F2N4O5. The minimum Gasteiger partial charge on any atom is -0.349 e. The van der Waals surface area contributed by atoms with E-state index in [0.29, 0.717) is 43.5 Å². The summed E-state index contributed by atoms with van der Waals surface area (Å²) < 4.78 is 27.1. The summed E-state index contributed by atoms with van der Waals surface area (Å²) in [6.07, 6.45) is 7.43. The molecule has 1 heterocycles. The molecule has 39 heavy (non-hydrogen) atoms. The van der Waals surface area contributed by atoms with Crippen LogP contribution in [0.2, 0.25) is 0 Å². The molecule has 0 aromatic heterocycles. The monoisotopic (exact) mass is 548 g/mol. The first-order valence-corrected chi connectivity index (χ1v) is 13.3. The van der Waals surface area contributed by atoms with E-state index in [0.717, 1.165) is 25.0 Å². The number of nitrogens with zero attached hydrogens (tertiary/aromatic N) is 2. The Bertz CT molecular complexity index is 1080. The highest BCUT2D eigenvalue weighted by Crippen LogP contribution is 2.27. The van der Waals surface area contributed by atoms with E-state index in [2.05, 4.69) is 10.6 Å². The Morgan fingerprint density at radius 1 is 1.18 bits per heavy atom. The summed E-state index contributed by atoms with van der Waals surface area (Å²) in [6, 6.07) is 1.62. The van der Waals surface area contributed by atoms with Crippen LogP contribution in [0.25, 0.3) is 0 Å². The summed E-state index contributed by atoms with van der Waals surface area (Å²) in [5, 5.41) is 15.9. The van der Waals surface area contributed by atoms with Gasteiger partial charge >= 0.3 is 0 Å². The molecule has 1 aromatic carbocycles. The Morgan fingerprint density at radius 3 is 2.44 bits per heavy atom. The average molecular weight is 549 g/mol. The molecule has 3 rings (SSSR count). The van der Waals surface area contributed by atoms with Gasteiger partial charge in [-0.2, -0.15) is 0 Å². The quantitative estimate of drug-likeness (QED) is 0.180. The van der Waals surface area contributed by atoms with Gasteiger partial charge in [0, 0.05) is 25.2 Å². The minimum atomic E-state index is -0.941. The lowest BCUT2D eigenvalue weighted by Gasteiger charge is -2.39. The Kier molecular flexibility index (Phi) is 10.2. The molecule has 0 saturated carbocycles. The largest absolute Gasteiger partial charge is 0.349 e. The normalized spacial score (nSPS) is 19.3. The molecule has 1 unspecified atom stereocenters. The van der Waals surface area contributed by atoms with Crippen molar-refractivity contribution >= 4 is 24.1 Å². The second-order valence-electron chi connectivity index (χ2n) is 11.4. The molecule has 11 heteroatoms. The third kappa shape index (κ3) is 8.32. The number of carbonyl (C=O) groups is 4. The van der Waals surface area contributed by atoms with Crippen LogP contribution in [0.5, 0.6) is 0 Å². The zero-order valence-corrected chi connectivity index (χ0v) is 22.7. The first-order chi connectivity index (χ1) is 18.4. The van der Waals surface area contributed by atoms with E-state index in [9.17, 15) is 33.2 Å². The fourth-order valence-electron chi connectivity index (χ4n) is 5.06. The summed E-state index contributed by atoms with van der Waals surface area (Å²) in [5.41, 5.74) is -0.872. The number of nitrogens with one attached hydrogen (secondary N) is 2. The third-order valence-electron chi connectivity index (χ3n) is 7.32. The number of hydroxylamine groups is 2. The van der Waals surface area contributed by atoms with Crippen molar-refractivity contribution in [2.45, 2.75) is 65.0 Å². The van der Waals surface area contributed by atoms with Gasteiger partial charge in [-0.15, -0.1) is 0 Å². The summed E-state index contributed by atoms with van der Waals surface area (Å²) in [6.45, 7) is 6.01. The van der Waals surface area contributed by atoms with Crippen molar-refractivity contribution in [1.29, 1.82) is 0 Å². The van der Waals surface area contributed by atoms with Crippen molar-refractivity contribution in [3.63, 3.8) is 0 Å². The summed E-state index contributed by atoms with van der Waals surface area (Å²) in [4.78, 5) is 52.0. The van der Waals surface area contributed by atoms with E-state index in [4.69, 9.17) is 0 Å². The number of carbonyl (C=O) groups excluding carboxylic acids is 4. The molecule has 0 spiro atoms. The third-order valence-corrected chi connectivity index (χ3v) is 7.32. The molecule has 1 saturated heterocycles. The van der Waals surface area contributed by atoms with E-state index in [1.54, 1.807) is 4.90 Å². The molecule has 214 valence electrons. The van der Waals surface area contributed by atoms with Gasteiger partial charge in [-0.1, -0.05) is 32.9 Å². The molecule has 4 amide bonds. The highest BCUT2D eigenvalue weighted by Gasteiger charge is 2.39. The SMILES string of the molecule is CC(C)(C)[C@H](NC(=O)[C@H](CC1C=CCC1)CN(O)C=O)C(=O)N1CCC(NC(=O)c2ccc(F)cc2F)CC1. The standard InChI is InChI=1S/C28H38F2N4O5/c1-28(2,3)24(32-25(36)19(16-34(39)17-35)14-18-6-4-5-7-18)27(38)33-12-10-21(11-13-33)31-26(37)22-9-8-20(29)15-23(22)30/h4,6,8-9,15,17-19,21,24,39H,5,7,10-14,16H2,1-3H3,(H,31,37)(H,32,36)/t18?,19-,24-/m1/s1. The van der Waals surface area contributed by atoms with Crippen LogP contribution in [0.3, 0.4) is 0 Å². The molecule has 3 atom stereocenters. The van der Waals surface area contributed by atoms with E-state index in [-0.39, 0.29) is 36.4 Å². The predicted octanol–water partition coefficient (Wildman–Crippen LogP) is 3.04. The highest BCUT2D eigenvalue weighted by atomic mass is 19.1. The molecule has 9 nitrogen and oxygen atoms in total. The summed E-state index contributed by atoms with van der Waals surface area (Å²) in [5.74, 6) is -3.57. The number of likely N-dealkylation sites (tertiary alicyclic amines) is 1. The van der Waals surface area contributed by atoms with E-state index in [1.165, 1.54) is 0 Å². The van der Waals surface area contributed by atoms with E-state index in [1.807, 2.05) is 32.9 Å². The second kappa shape index (κ2) is 13.1. The lowest BCUT2D eigenvalue weighted by atomic mass is 9.84. The Hall–Kier alpha value is -3.34. The fourth-order valence-corrected chi connectivity index (χ4v) is 5.06. The van der Waals surface area contributed by atoms with Crippen LogP contribution >= 0.6 is 0 Å². The molecule has 1 aromatic rings. The van der Waals surface area contributed by atoms with Crippen LogP contribution in [0, 0.1) is 28.9 Å². The molecular weight excluding hydrogens is 510 g/mol. The van der Waals surface area contributed by atoms with Gasteiger partial charge in [0.25, 0.3) is 5.91 Å². The molecule has 0 bridgehead atoms. The summed E-state index contributed by atoms with van der Waals surface area (Å²) >= 11 is 0. The number of benzene rings is 1. The first-order valence-electron chi connectivity index (χ1n) is 13.3. The number of amides is 4. The Morgan fingerprint density at radius 2 is 1.87 bits per heavy atom. The zero-order valence-electron chi connectivity index (χ0n) is 22.7. The number of hydrogen-bond donors (Lipinski definition) is 3. The van der Waals surface area contributed by atoms with Crippen LogP contribution in [-0.4, -0.2) is 71.0 Å². The van der Waals surface area contributed by atoms with Gasteiger partial charge in [-0.3, -0.25) is 24.4 Å². The highest BCUT2D eigenvalue weighted by molar-refractivity contribution is 5.94. The number of allylic oxidation sites excluding steroid dienone is 2. The van der Waals surface area contributed by atoms with Crippen molar-refractivity contribution in [2.75, 3.05) is 19.6 Å². The lowest BCUT2D eigenvalue weighted by molar-refractivity contribution is -0.155. The van der Waals surface area contributed by atoms with Crippen LogP contribution in [-0.2, 0) is 14.4 Å². The number of piperidine rings is 1. The molecule has 0 radical (unpaired) electrons. The molecule has 1 aliphatic heterocycles.